The molecule has 0 spiro atoms. The number of rotatable bonds is 6. The van der Waals surface area contributed by atoms with Crippen LogP contribution in [0.1, 0.15) is 35.9 Å². The molecule has 0 bridgehead atoms. The summed E-state index contributed by atoms with van der Waals surface area (Å²) in [7, 11) is 0. The van der Waals surface area contributed by atoms with Crippen molar-refractivity contribution in [1.29, 1.82) is 0 Å². The summed E-state index contributed by atoms with van der Waals surface area (Å²) < 4.78 is 5.79. The van der Waals surface area contributed by atoms with E-state index < -0.39 is 18.0 Å². The van der Waals surface area contributed by atoms with Gasteiger partial charge in [0.05, 0.1) is 0 Å². The molecule has 0 radical (unpaired) electrons. The number of hydrogen-bond donors (Lipinski definition) is 2. The highest BCUT2D eigenvalue weighted by Crippen LogP contribution is 2.23. The van der Waals surface area contributed by atoms with Gasteiger partial charge in [0.2, 0.25) is 6.10 Å². The second-order valence-corrected chi connectivity index (χ2v) is 5.34. The predicted molar refractivity (Wildman–Crippen MR) is 93.5 cm³/mol. The molecule has 2 rings (SSSR count). The van der Waals surface area contributed by atoms with Crippen LogP contribution in [0.4, 0.5) is 4.79 Å². The Balaban J connectivity index is 2.26. The first kappa shape index (κ1) is 18.2. The molecular weight excluding hydrogens is 320 g/mol. The zero-order valence-electron chi connectivity index (χ0n) is 14.1. The normalized spacial score (nSPS) is 11.3. The van der Waals surface area contributed by atoms with E-state index in [2.05, 4.69) is 10.6 Å². The molecule has 130 valence electrons. The summed E-state index contributed by atoms with van der Waals surface area (Å²) in [6.07, 6.45) is -1.02. The third-order valence-electron chi connectivity index (χ3n) is 3.41. The molecule has 6 nitrogen and oxygen atoms in total. The van der Waals surface area contributed by atoms with Gasteiger partial charge >= 0.3 is 6.03 Å². The van der Waals surface area contributed by atoms with Crippen LogP contribution in [0, 0.1) is 0 Å². The van der Waals surface area contributed by atoms with Crippen LogP contribution in [-0.2, 0) is 4.79 Å². The highest BCUT2D eigenvalue weighted by Gasteiger charge is 2.24. The minimum absolute atomic E-state index is 0.103. The lowest BCUT2D eigenvalue weighted by atomic mass is 10.1. The number of hydrogen-bond acceptors (Lipinski definition) is 4. The van der Waals surface area contributed by atoms with Gasteiger partial charge in [-0.15, -0.1) is 0 Å². The SMILES string of the molecule is CCNC(=O)NC(=O)[C@H](Oc1cccc(C(C)=O)c1)c1ccccc1. The first-order chi connectivity index (χ1) is 12.0. The molecule has 0 saturated carbocycles. The Morgan fingerprint density at radius 1 is 1.04 bits per heavy atom. The number of imide groups is 1. The Kier molecular flexibility index (Phi) is 6.28. The third kappa shape index (κ3) is 5.17. The van der Waals surface area contributed by atoms with Gasteiger partial charge in [0.25, 0.3) is 5.91 Å². The van der Waals surface area contributed by atoms with Crippen LogP contribution < -0.4 is 15.4 Å². The van der Waals surface area contributed by atoms with Gasteiger partial charge < -0.3 is 10.1 Å². The summed E-state index contributed by atoms with van der Waals surface area (Å²) in [5.74, 6) is -0.327. The van der Waals surface area contributed by atoms with E-state index in [4.69, 9.17) is 4.74 Å². The maximum atomic E-state index is 12.5. The number of urea groups is 1. The lowest BCUT2D eigenvalue weighted by molar-refractivity contribution is -0.127. The number of Topliss-reactive ketones (excluding diaryl/α,β-unsaturated/α-hetero) is 1. The number of nitrogens with one attached hydrogen (secondary N) is 2. The van der Waals surface area contributed by atoms with Crippen LogP contribution in [0.5, 0.6) is 5.75 Å². The smallest absolute Gasteiger partial charge is 0.321 e. The molecule has 1 atom stereocenters. The molecule has 2 aromatic carbocycles. The molecule has 0 aromatic heterocycles. The molecule has 0 unspecified atom stereocenters. The number of benzene rings is 2. The molecule has 0 aliphatic carbocycles. The van der Waals surface area contributed by atoms with Crippen molar-refractivity contribution in [3.05, 3.63) is 65.7 Å². The predicted octanol–water partition coefficient (Wildman–Crippen LogP) is 2.86. The van der Waals surface area contributed by atoms with Crippen molar-refractivity contribution >= 4 is 17.7 Å². The van der Waals surface area contributed by atoms with Crippen molar-refractivity contribution < 1.29 is 19.1 Å². The number of amides is 3. The fraction of sp³-hybridized carbons (Fsp3) is 0.211. The standard InChI is InChI=1S/C19H20N2O4/c1-3-20-19(24)21-18(23)17(14-8-5-4-6-9-14)25-16-11-7-10-15(12-16)13(2)22/h4-12,17H,3H2,1-2H3,(H2,20,21,23,24)/t17-/m1/s1. The van der Waals surface area contributed by atoms with Crippen molar-refractivity contribution in [2.75, 3.05) is 6.54 Å². The van der Waals surface area contributed by atoms with Gasteiger partial charge in [-0.2, -0.15) is 0 Å². The van der Waals surface area contributed by atoms with Crippen LogP contribution >= 0.6 is 0 Å². The molecule has 0 saturated heterocycles. The van der Waals surface area contributed by atoms with Gasteiger partial charge in [-0.3, -0.25) is 14.9 Å². The van der Waals surface area contributed by atoms with Crippen LogP contribution in [0.3, 0.4) is 0 Å². The van der Waals surface area contributed by atoms with E-state index >= 15 is 0 Å². The Hall–Kier alpha value is -3.15. The summed E-state index contributed by atoms with van der Waals surface area (Å²) in [5, 5.41) is 4.76. The van der Waals surface area contributed by atoms with Crippen molar-refractivity contribution in [3.63, 3.8) is 0 Å². The highest BCUT2D eigenvalue weighted by atomic mass is 16.5. The fourth-order valence-corrected chi connectivity index (χ4v) is 2.21. The third-order valence-corrected chi connectivity index (χ3v) is 3.41. The van der Waals surface area contributed by atoms with Crippen LogP contribution in [0.2, 0.25) is 0 Å². The molecule has 25 heavy (non-hydrogen) atoms. The molecule has 6 heteroatoms. The molecule has 3 amide bonds. The summed E-state index contributed by atoms with van der Waals surface area (Å²) in [4.78, 5) is 35.6. The number of ketones is 1. The van der Waals surface area contributed by atoms with Crippen LogP contribution in [0.25, 0.3) is 0 Å². The van der Waals surface area contributed by atoms with Crippen molar-refractivity contribution in [3.8, 4) is 5.75 Å². The maximum absolute atomic E-state index is 12.5. The minimum Gasteiger partial charge on any atom is -0.476 e. The molecule has 0 fully saturated rings. The lowest BCUT2D eigenvalue weighted by Gasteiger charge is -2.19. The van der Waals surface area contributed by atoms with Gasteiger partial charge in [-0.25, -0.2) is 4.79 Å². The highest BCUT2D eigenvalue weighted by molar-refractivity contribution is 5.97. The van der Waals surface area contributed by atoms with E-state index in [0.29, 0.717) is 23.4 Å². The fourth-order valence-electron chi connectivity index (χ4n) is 2.21. The molecular formula is C19H20N2O4. The van der Waals surface area contributed by atoms with Crippen LogP contribution in [0.15, 0.2) is 54.6 Å². The average Bonchev–Trinajstić information content (AvgIpc) is 2.60. The van der Waals surface area contributed by atoms with Gasteiger partial charge in [0, 0.05) is 17.7 Å². The molecule has 0 heterocycles. The number of carbonyl (C=O) groups excluding carboxylic acids is 3. The van der Waals surface area contributed by atoms with Gasteiger partial charge in [-0.1, -0.05) is 42.5 Å². The number of carbonyl (C=O) groups is 3. The van der Waals surface area contributed by atoms with E-state index in [1.54, 1.807) is 55.5 Å². The van der Waals surface area contributed by atoms with Crippen molar-refractivity contribution in [1.82, 2.24) is 10.6 Å². The second-order valence-electron chi connectivity index (χ2n) is 5.34. The van der Waals surface area contributed by atoms with Gasteiger partial charge in [-0.05, 0) is 26.0 Å². The minimum atomic E-state index is -1.02. The van der Waals surface area contributed by atoms with E-state index in [9.17, 15) is 14.4 Å². The first-order valence-electron chi connectivity index (χ1n) is 7.92. The van der Waals surface area contributed by atoms with Crippen LogP contribution in [-0.4, -0.2) is 24.3 Å². The topological polar surface area (TPSA) is 84.5 Å². The summed E-state index contributed by atoms with van der Waals surface area (Å²) in [5.41, 5.74) is 1.07. The van der Waals surface area contributed by atoms with E-state index in [-0.39, 0.29) is 5.78 Å². The maximum Gasteiger partial charge on any atom is 0.321 e. The van der Waals surface area contributed by atoms with Crippen molar-refractivity contribution in [2.24, 2.45) is 0 Å². The molecule has 0 aliphatic heterocycles. The molecule has 2 N–H and O–H groups in total. The van der Waals surface area contributed by atoms with E-state index in [1.807, 2.05) is 6.07 Å². The Bertz CT molecular complexity index is 759. The largest absolute Gasteiger partial charge is 0.476 e. The average molecular weight is 340 g/mol. The van der Waals surface area contributed by atoms with Gasteiger partial charge in [0.1, 0.15) is 5.75 Å². The van der Waals surface area contributed by atoms with E-state index in [0.717, 1.165) is 0 Å². The zero-order valence-corrected chi connectivity index (χ0v) is 14.1. The summed E-state index contributed by atoms with van der Waals surface area (Å²) in [6, 6.07) is 14.8. The molecule has 0 aliphatic rings. The quantitative estimate of drug-likeness (QED) is 0.792. The second kappa shape index (κ2) is 8.63. The Morgan fingerprint density at radius 3 is 2.40 bits per heavy atom. The number of ether oxygens (including phenoxy) is 1. The zero-order chi connectivity index (χ0) is 18.2. The lowest BCUT2D eigenvalue weighted by Crippen LogP contribution is -2.42. The van der Waals surface area contributed by atoms with Gasteiger partial charge in [0.15, 0.2) is 5.78 Å². The van der Waals surface area contributed by atoms with Crippen molar-refractivity contribution in [2.45, 2.75) is 20.0 Å². The monoisotopic (exact) mass is 340 g/mol. The molecule has 2 aromatic rings. The summed E-state index contributed by atoms with van der Waals surface area (Å²) in [6.45, 7) is 3.61. The summed E-state index contributed by atoms with van der Waals surface area (Å²) >= 11 is 0. The Labute approximate surface area is 146 Å². The first-order valence-corrected chi connectivity index (χ1v) is 7.92. The Morgan fingerprint density at radius 2 is 1.76 bits per heavy atom. The van der Waals surface area contributed by atoms with E-state index in [1.165, 1.54) is 6.92 Å².